The maximum Gasteiger partial charge on any atom is 0.142 e. The van der Waals surface area contributed by atoms with Gasteiger partial charge in [0.25, 0.3) is 0 Å². The predicted octanol–water partition coefficient (Wildman–Crippen LogP) is 0.959. The van der Waals surface area contributed by atoms with E-state index in [2.05, 4.69) is 4.98 Å². The Morgan fingerprint density at radius 3 is 3.45 bits per heavy atom. The van der Waals surface area contributed by atoms with Crippen molar-refractivity contribution in [3.63, 3.8) is 0 Å². The summed E-state index contributed by atoms with van der Waals surface area (Å²) in [5.74, 6) is 0. The Morgan fingerprint density at radius 1 is 1.73 bits per heavy atom. The molecular weight excluding hydrogens is 140 g/mol. The molecule has 0 saturated carbocycles. The number of carbonyl (C=O) groups excluding carboxylic acids is 1. The van der Waals surface area contributed by atoms with Crippen molar-refractivity contribution >= 4 is 6.29 Å². The van der Waals surface area contributed by atoms with Crippen LogP contribution in [-0.4, -0.2) is 15.8 Å². The number of fused-ring (bicyclic) bond motifs is 1. The number of imidazole rings is 1. The van der Waals surface area contributed by atoms with Crippen molar-refractivity contribution in [1.29, 1.82) is 0 Å². The fourth-order valence-electron chi connectivity index (χ4n) is 1.59. The first-order chi connectivity index (χ1) is 5.42. The highest BCUT2D eigenvalue weighted by Crippen LogP contribution is 2.21. The van der Waals surface area contributed by atoms with E-state index in [4.69, 9.17) is 0 Å². The van der Waals surface area contributed by atoms with Gasteiger partial charge in [0.2, 0.25) is 0 Å². The van der Waals surface area contributed by atoms with Gasteiger partial charge in [0.1, 0.15) is 6.29 Å². The minimum atomic E-state index is 0.0428. The highest BCUT2D eigenvalue weighted by molar-refractivity contribution is 5.56. The van der Waals surface area contributed by atoms with E-state index in [-0.39, 0.29) is 6.04 Å². The van der Waals surface area contributed by atoms with Crippen molar-refractivity contribution in [2.75, 3.05) is 0 Å². The summed E-state index contributed by atoms with van der Waals surface area (Å²) in [6, 6.07) is 0.0428. The lowest BCUT2D eigenvalue weighted by Crippen LogP contribution is -2.17. The highest BCUT2D eigenvalue weighted by Gasteiger charge is 2.17. The fraction of sp³-hybridized carbons (Fsp3) is 0.500. The normalized spacial score (nSPS) is 22.7. The van der Waals surface area contributed by atoms with E-state index >= 15 is 0 Å². The third kappa shape index (κ3) is 0.964. The first-order valence-corrected chi connectivity index (χ1v) is 3.88. The van der Waals surface area contributed by atoms with Gasteiger partial charge in [-0.15, -0.1) is 0 Å². The zero-order valence-corrected chi connectivity index (χ0v) is 6.23. The first kappa shape index (κ1) is 6.58. The average Bonchev–Trinajstić information content (AvgIpc) is 2.50. The molecular formula is C8H10N2O. The lowest BCUT2D eigenvalue weighted by atomic mass is 10.0. The molecule has 0 radical (unpaired) electrons. The first-order valence-electron chi connectivity index (χ1n) is 3.88. The van der Waals surface area contributed by atoms with Crippen molar-refractivity contribution in [2.24, 2.45) is 0 Å². The molecule has 0 aromatic carbocycles. The van der Waals surface area contributed by atoms with E-state index in [9.17, 15) is 4.79 Å². The van der Waals surface area contributed by atoms with Gasteiger partial charge in [-0.25, -0.2) is 4.98 Å². The molecule has 0 spiro atoms. The van der Waals surface area contributed by atoms with Crippen LogP contribution >= 0.6 is 0 Å². The summed E-state index contributed by atoms with van der Waals surface area (Å²) in [6.07, 6.45) is 7.72. The zero-order valence-electron chi connectivity index (χ0n) is 6.23. The van der Waals surface area contributed by atoms with Crippen LogP contribution in [0.1, 0.15) is 24.6 Å². The lowest BCUT2D eigenvalue weighted by molar-refractivity contribution is -0.111. The van der Waals surface area contributed by atoms with Gasteiger partial charge in [-0.1, -0.05) is 0 Å². The molecule has 3 heteroatoms. The molecule has 1 aromatic heterocycles. The third-order valence-corrected chi connectivity index (χ3v) is 2.19. The molecule has 0 aliphatic carbocycles. The number of hydrogen-bond donors (Lipinski definition) is 0. The van der Waals surface area contributed by atoms with Gasteiger partial charge in [0.05, 0.1) is 12.4 Å². The molecule has 2 heterocycles. The second-order valence-corrected chi connectivity index (χ2v) is 2.89. The molecule has 1 aromatic rings. The fourth-order valence-corrected chi connectivity index (χ4v) is 1.59. The van der Waals surface area contributed by atoms with Crippen LogP contribution in [0.5, 0.6) is 0 Å². The number of carbonyl (C=O) groups is 1. The number of aryl methyl sites for hydroxylation is 1. The van der Waals surface area contributed by atoms with Crippen LogP contribution < -0.4 is 0 Å². The topological polar surface area (TPSA) is 34.9 Å². The molecule has 58 valence electrons. The Kier molecular flexibility index (Phi) is 1.49. The Labute approximate surface area is 65.1 Å². The zero-order chi connectivity index (χ0) is 7.68. The average molecular weight is 150 g/mol. The van der Waals surface area contributed by atoms with E-state index in [0.29, 0.717) is 0 Å². The van der Waals surface area contributed by atoms with Crippen LogP contribution in [0.4, 0.5) is 0 Å². The third-order valence-electron chi connectivity index (χ3n) is 2.19. The number of rotatable bonds is 1. The van der Waals surface area contributed by atoms with Gasteiger partial charge in [-0.2, -0.15) is 0 Å². The second kappa shape index (κ2) is 2.49. The van der Waals surface area contributed by atoms with Crippen LogP contribution in [-0.2, 0) is 11.2 Å². The number of nitrogens with zero attached hydrogens (tertiary/aromatic N) is 2. The monoisotopic (exact) mass is 150 g/mol. The van der Waals surface area contributed by atoms with Gasteiger partial charge < -0.3 is 9.36 Å². The van der Waals surface area contributed by atoms with Crippen LogP contribution in [0.2, 0.25) is 0 Å². The second-order valence-electron chi connectivity index (χ2n) is 2.89. The van der Waals surface area contributed by atoms with Crippen LogP contribution in [0, 0.1) is 0 Å². The minimum absolute atomic E-state index is 0.0428. The SMILES string of the molecule is O=CC1CCCc2cncn21. The molecule has 0 fully saturated rings. The summed E-state index contributed by atoms with van der Waals surface area (Å²) < 4.78 is 1.97. The van der Waals surface area contributed by atoms with Crippen molar-refractivity contribution in [1.82, 2.24) is 9.55 Å². The van der Waals surface area contributed by atoms with Gasteiger partial charge in [0.15, 0.2) is 0 Å². The Morgan fingerprint density at radius 2 is 2.64 bits per heavy atom. The molecule has 0 bridgehead atoms. The summed E-state index contributed by atoms with van der Waals surface area (Å²) in [5.41, 5.74) is 1.19. The quantitative estimate of drug-likeness (QED) is 0.559. The summed E-state index contributed by atoms with van der Waals surface area (Å²) in [7, 11) is 0. The van der Waals surface area contributed by atoms with Crippen molar-refractivity contribution in [3.05, 3.63) is 18.2 Å². The van der Waals surface area contributed by atoms with Crippen LogP contribution in [0.25, 0.3) is 0 Å². The molecule has 1 atom stereocenters. The Bertz CT molecular complexity index is 267. The van der Waals surface area contributed by atoms with E-state index in [1.807, 2.05) is 10.8 Å². The van der Waals surface area contributed by atoms with E-state index in [1.165, 1.54) is 5.69 Å². The van der Waals surface area contributed by atoms with Crippen molar-refractivity contribution in [2.45, 2.75) is 25.3 Å². The molecule has 3 nitrogen and oxygen atoms in total. The number of aldehydes is 1. The Balaban J connectivity index is 2.39. The van der Waals surface area contributed by atoms with E-state index in [0.717, 1.165) is 25.5 Å². The summed E-state index contributed by atoms with van der Waals surface area (Å²) >= 11 is 0. The van der Waals surface area contributed by atoms with Crippen molar-refractivity contribution < 1.29 is 4.79 Å². The molecule has 1 aliphatic heterocycles. The van der Waals surface area contributed by atoms with Crippen LogP contribution in [0.15, 0.2) is 12.5 Å². The standard InChI is InChI=1S/C8H10N2O/c11-5-8-3-1-2-7-4-9-6-10(7)8/h4-6,8H,1-3H2. The molecule has 1 unspecified atom stereocenters. The molecule has 2 rings (SSSR count). The number of hydrogen-bond acceptors (Lipinski definition) is 2. The molecule has 1 aliphatic rings. The van der Waals surface area contributed by atoms with Gasteiger partial charge >= 0.3 is 0 Å². The Hall–Kier alpha value is -1.12. The van der Waals surface area contributed by atoms with E-state index in [1.54, 1.807) is 6.33 Å². The summed E-state index contributed by atoms with van der Waals surface area (Å²) in [6.45, 7) is 0. The van der Waals surface area contributed by atoms with Gasteiger partial charge in [-0.3, -0.25) is 0 Å². The predicted molar refractivity (Wildman–Crippen MR) is 40.3 cm³/mol. The lowest BCUT2D eigenvalue weighted by Gasteiger charge is -2.19. The highest BCUT2D eigenvalue weighted by atomic mass is 16.1. The maximum absolute atomic E-state index is 10.6. The summed E-state index contributed by atoms with van der Waals surface area (Å²) in [5, 5.41) is 0. The maximum atomic E-state index is 10.6. The molecule has 0 saturated heterocycles. The molecule has 11 heavy (non-hydrogen) atoms. The van der Waals surface area contributed by atoms with E-state index < -0.39 is 0 Å². The minimum Gasteiger partial charge on any atom is -0.324 e. The summed E-state index contributed by atoms with van der Waals surface area (Å²) in [4.78, 5) is 14.6. The van der Waals surface area contributed by atoms with Gasteiger partial charge in [0, 0.05) is 11.9 Å². The molecule has 0 N–H and O–H groups in total. The molecule has 0 amide bonds. The smallest absolute Gasteiger partial charge is 0.142 e. The van der Waals surface area contributed by atoms with Gasteiger partial charge in [-0.05, 0) is 19.3 Å². The number of aromatic nitrogens is 2. The van der Waals surface area contributed by atoms with Crippen molar-refractivity contribution in [3.8, 4) is 0 Å². The van der Waals surface area contributed by atoms with Crippen LogP contribution in [0.3, 0.4) is 0 Å². The largest absolute Gasteiger partial charge is 0.324 e.